The lowest BCUT2D eigenvalue weighted by atomic mass is 9.63. The third-order valence-electron chi connectivity index (χ3n) is 6.96. The highest BCUT2D eigenvalue weighted by atomic mass is 32.1. The molecule has 1 saturated carbocycles. The normalized spacial score (nSPS) is 21.5. The summed E-state index contributed by atoms with van der Waals surface area (Å²) >= 11 is 1.31. The molecule has 0 saturated heterocycles. The fraction of sp³-hybridized carbons (Fsp3) is 0.448. The molecule has 0 spiro atoms. The molecule has 2 atom stereocenters. The zero-order valence-corrected chi connectivity index (χ0v) is 23.8. The van der Waals surface area contributed by atoms with Crippen molar-refractivity contribution in [3.63, 3.8) is 0 Å². The van der Waals surface area contributed by atoms with Crippen molar-refractivity contribution in [2.75, 3.05) is 5.32 Å². The quantitative estimate of drug-likeness (QED) is 0.279. The number of carboxylic acids is 1. The first-order valence-electron chi connectivity index (χ1n) is 12.9. The van der Waals surface area contributed by atoms with Crippen molar-refractivity contribution >= 4 is 35.0 Å². The third kappa shape index (κ3) is 6.87. The Morgan fingerprint density at radius 2 is 1.90 bits per heavy atom. The van der Waals surface area contributed by atoms with E-state index in [4.69, 9.17) is 0 Å². The molecule has 0 aliphatic heterocycles. The van der Waals surface area contributed by atoms with Crippen molar-refractivity contribution in [1.82, 2.24) is 15.0 Å². The minimum atomic E-state index is -4.60. The number of aliphatic carboxylic acids is 1. The van der Waals surface area contributed by atoms with Gasteiger partial charge in [-0.2, -0.15) is 13.2 Å². The number of aliphatic hydroxyl groups is 1. The largest absolute Gasteiger partial charge is 0.481 e. The molecule has 1 aliphatic carbocycles. The molecular weight excluding hydrogens is 541 g/mol. The second-order valence-corrected chi connectivity index (χ2v) is 13.1. The van der Waals surface area contributed by atoms with Gasteiger partial charge in [-0.05, 0) is 65.5 Å². The number of hydrogen-bond acceptors (Lipinski definition) is 7. The zero-order valence-electron chi connectivity index (χ0n) is 23.0. The second kappa shape index (κ2) is 10.6. The fourth-order valence-electron chi connectivity index (χ4n) is 5.02. The molecular formula is C29H33F3N4O3S. The Morgan fingerprint density at radius 3 is 2.52 bits per heavy atom. The van der Waals surface area contributed by atoms with Gasteiger partial charge in [-0.15, -0.1) is 11.3 Å². The molecule has 214 valence electrons. The van der Waals surface area contributed by atoms with Crippen molar-refractivity contribution in [3.05, 3.63) is 59.0 Å². The predicted octanol–water partition coefficient (Wildman–Crippen LogP) is 7.52. The predicted molar refractivity (Wildman–Crippen MR) is 149 cm³/mol. The molecule has 11 heteroatoms. The average Bonchev–Trinajstić information content (AvgIpc) is 3.32. The van der Waals surface area contributed by atoms with Crippen LogP contribution in [0.4, 0.5) is 24.8 Å². The summed E-state index contributed by atoms with van der Waals surface area (Å²) < 4.78 is 39.5. The molecule has 2 unspecified atom stereocenters. The maximum atomic E-state index is 13.2. The van der Waals surface area contributed by atoms with Crippen LogP contribution < -0.4 is 5.32 Å². The van der Waals surface area contributed by atoms with Crippen molar-refractivity contribution < 1.29 is 28.2 Å². The molecule has 2 heterocycles. The number of rotatable bonds is 6. The van der Waals surface area contributed by atoms with Crippen LogP contribution in [0.3, 0.4) is 0 Å². The molecule has 40 heavy (non-hydrogen) atoms. The number of aromatic nitrogens is 3. The molecule has 3 N–H and O–H groups in total. The number of hydrogen-bond donors (Lipinski definition) is 3. The third-order valence-corrected chi connectivity index (χ3v) is 8.20. The van der Waals surface area contributed by atoms with Gasteiger partial charge in [0.25, 0.3) is 0 Å². The molecule has 1 aromatic carbocycles. The number of benzene rings is 1. The summed E-state index contributed by atoms with van der Waals surface area (Å²) in [6, 6.07) is 6.31. The first-order chi connectivity index (χ1) is 18.5. The Bertz CT molecular complexity index is 1430. The number of alkyl halides is 3. The first kappa shape index (κ1) is 29.7. The lowest BCUT2D eigenvalue weighted by Gasteiger charge is -2.44. The van der Waals surface area contributed by atoms with E-state index < -0.39 is 34.8 Å². The van der Waals surface area contributed by atoms with Gasteiger partial charge in [0.2, 0.25) is 5.95 Å². The van der Waals surface area contributed by atoms with Crippen LogP contribution in [-0.4, -0.2) is 31.1 Å². The molecule has 1 aliphatic rings. The summed E-state index contributed by atoms with van der Waals surface area (Å²) in [5.41, 5.74) is -0.984. The van der Waals surface area contributed by atoms with Gasteiger partial charge in [-0.1, -0.05) is 46.8 Å². The second-order valence-electron chi connectivity index (χ2n) is 12.1. The Balaban J connectivity index is 1.69. The smallest absolute Gasteiger partial charge is 0.433 e. The summed E-state index contributed by atoms with van der Waals surface area (Å²) in [6.45, 7) is 9.87. The minimum Gasteiger partial charge on any atom is -0.481 e. The summed E-state index contributed by atoms with van der Waals surface area (Å²) in [5, 5.41) is 24.5. The van der Waals surface area contributed by atoms with Gasteiger partial charge in [0.05, 0.1) is 10.8 Å². The van der Waals surface area contributed by atoms with E-state index in [2.05, 4.69) is 41.0 Å². The SMILES string of the molecule is CC(C)(C)/C=C\c1cc(Nc2nccc(C(F)(F)F)n2)cc(-c2cnc(C3(O)CCC(C(=O)O)C(C)(C)C3)s2)c1. The minimum absolute atomic E-state index is 0.101. The van der Waals surface area contributed by atoms with E-state index >= 15 is 0 Å². The van der Waals surface area contributed by atoms with E-state index in [0.29, 0.717) is 17.1 Å². The molecule has 0 bridgehead atoms. The van der Waals surface area contributed by atoms with Crippen LogP contribution in [0.2, 0.25) is 0 Å². The zero-order chi connectivity index (χ0) is 29.5. The Kier molecular flexibility index (Phi) is 7.85. The molecule has 2 aromatic heterocycles. The van der Waals surface area contributed by atoms with Gasteiger partial charge in [-0.25, -0.2) is 15.0 Å². The Labute approximate surface area is 235 Å². The van der Waals surface area contributed by atoms with Crippen molar-refractivity contribution in [2.24, 2.45) is 16.7 Å². The standard InChI is InChI=1S/C29H33F3N4O3S/c1-26(2,3)9-6-17-12-18(14-19(13-17)35-25-33-11-8-22(36-25)29(30,31)32)21-15-34-24(40-21)28(39)10-7-20(23(37)38)27(4,5)16-28/h6,8-9,11-15,20,39H,7,10,16H2,1-5H3,(H,37,38)(H,33,35,36)/b9-6-. The van der Waals surface area contributed by atoms with E-state index in [0.717, 1.165) is 28.3 Å². The lowest BCUT2D eigenvalue weighted by Crippen LogP contribution is -2.44. The number of carboxylic acid groups (broad SMARTS) is 1. The number of thiazole rings is 1. The summed E-state index contributed by atoms with van der Waals surface area (Å²) in [7, 11) is 0. The van der Waals surface area contributed by atoms with E-state index in [1.165, 1.54) is 11.3 Å². The van der Waals surface area contributed by atoms with E-state index in [-0.39, 0.29) is 24.2 Å². The van der Waals surface area contributed by atoms with Crippen LogP contribution >= 0.6 is 11.3 Å². The van der Waals surface area contributed by atoms with Crippen LogP contribution in [0.15, 0.2) is 42.7 Å². The maximum Gasteiger partial charge on any atom is 0.433 e. The summed E-state index contributed by atoms with van der Waals surface area (Å²) in [6.07, 6.45) is 2.97. The highest BCUT2D eigenvalue weighted by Gasteiger charge is 2.49. The monoisotopic (exact) mass is 574 g/mol. The van der Waals surface area contributed by atoms with Gasteiger partial charge in [0.1, 0.15) is 16.3 Å². The Morgan fingerprint density at radius 1 is 1.18 bits per heavy atom. The van der Waals surface area contributed by atoms with Crippen molar-refractivity contribution in [3.8, 4) is 10.4 Å². The number of carbonyl (C=O) groups is 1. The van der Waals surface area contributed by atoms with Crippen LogP contribution in [0.25, 0.3) is 16.5 Å². The van der Waals surface area contributed by atoms with Crippen LogP contribution in [0.1, 0.15) is 70.1 Å². The van der Waals surface area contributed by atoms with Gasteiger partial charge < -0.3 is 15.5 Å². The van der Waals surface area contributed by atoms with Gasteiger partial charge in [0, 0.05) is 18.1 Å². The van der Waals surface area contributed by atoms with E-state index in [1.54, 1.807) is 18.3 Å². The van der Waals surface area contributed by atoms with Gasteiger partial charge >= 0.3 is 12.1 Å². The van der Waals surface area contributed by atoms with Gasteiger partial charge in [-0.3, -0.25) is 4.79 Å². The van der Waals surface area contributed by atoms with E-state index in [9.17, 15) is 28.2 Å². The average molecular weight is 575 g/mol. The molecule has 0 radical (unpaired) electrons. The highest BCUT2D eigenvalue weighted by Crippen LogP contribution is 2.51. The number of nitrogens with zero attached hydrogens (tertiary/aromatic N) is 3. The summed E-state index contributed by atoms with van der Waals surface area (Å²) in [4.78, 5) is 24.5. The highest BCUT2D eigenvalue weighted by molar-refractivity contribution is 7.15. The first-order valence-corrected chi connectivity index (χ1v) is 13.7. The molecule has 4 rings (SSSR count). The van der Waals surface area contributed by atoms with E-state index in [1.807, 2.05) is 32.1 Å². The topological polar surface area (TPSA) is 108 Å². The van der Waals surface area contributed by atoms with Crippen LogP contribution in [0.5, 0.6) is 0 Å². The molecule has 7 nitrogen and oxygen atoms in total. The maximum absolute atomic E-state index is 13.2. The fourth-order valence-corrected chi connectivity index (χ4v) is 6.04. The van der Waals surface area contributed by atoms with Crippen LogP contribution in [0, 0.1) is 16.7 Å². The van der Waals surface area contributed by atoms with Crippen molar-refractivity contribution in [1.29, 1.82) is 0 Å². The number of anilines is 2. The van der Waals surface area contributed by atoms with Gasteiger partial charge in [0.15, 0.2) is 0 Å². The molecule has 3 aromatic rings. The number of halogens is 3. The lowest BCUT2D eigenvalue weighted by molar-refractivity contribution is -0.154. The number of nitrogens with one attached hydrogen (secondary N) is 1. The molecule has 0 amide bonds. The molecule has 1 fully saturated rings. The Hall–Kier alpha value is -3.31. The number of allylic oxidation sites excluding steroid dienone is 1. The summed E-state index contributed by atoms with van der Waals surface area (Å²) in [5.74, 6) is -1.60. The van der Waals surface area contributed by atoms with Crippen molar-refractivity contribution in [2.45, 2.75) is 65.7 Å². The van der Waals surface area contributed by atoms with Crippen LogP contribution in [-0.2, 0) is 16.6 Å².